The second-order valence-corrected chi connectivity index (χ2v) is 10.5. The van der Waals surface area contributed by atoms with Crippen molar-refractivity contribution in [1.29, 1.82) is 0 Å². The van der Waals surface area contributed by atoms with Gasteiger partial charge in [-0.1, -0.05) is 0 Å². The largest absolute Gasteiger partial charge is 0.379 e. The number of morpholine rings is 2. The highest BCUT2D eigenvalue weighted by molar-refractivity contribution is 5.78. The van der Waals surface area contributed by atoms with E-state index >= 15 is 0 Å². The van der Waals surface area contributed by atoms with Gasteiger partial charge < -0.3 is 19.7 Å². The summed E-state index contributed by atoms with van der Waals surface area (Å²) in [6.07, 6.45) is 1.67. The van der Waals surface area contributed by atoms with E-state index < -0.39 is 18.1 Å². The summed E-state index contributed by atoms with van der Waals surface area (Å²) in [5.74, 6) is 0.758. The number of halogens is 3. The van der Waals surface area contributed by atoms with Gasteiger partial charge in [-0.25, -0.2) is 18.2 Å². The molecule has 2 aromatic heterocycles. The first kappa shape index (κ1) is 26.3. The minimum absolute atomic E-state index is 0.156. The fraction of sp³-hybridized carbons (Fsp3) is 0.593. The molecule has 2 saturated heterocycles. The Morgan fingerprint density at radius 2 is 1.56 bits per heavy atom. The van der Waals surface area contributed by atoms with Crippen LogP contribution in [-0.4, -0.2) is 89.6 Å². The molecule has 0 spiro atoms. The van der Waals surface area contributed by atoms with E-state index in [1.807, 2.05) is 0 Å². The number of anilines is 2. The maximum absolute atomic E-state index is 14.1. The Labute approximate surface area is 225 Å². The number of aromatic nitrogens is 4. The second-order valence-electron chi connectivity index (χ2n) is 10.5. The van der Waals surface area contributed by atoms with Crippen LogP contribution in [0.25, 0.3) is 16.9 Å². The van der Waals surface area contributed by atoms with Crippen LogP contribution in [0.3, 0.4) is 0 Å². The van der Waals surface area contributed by atoms with Crippen molar-refractivity contribution < 1.29 is 22.6 Å². The van der Waals surface area contributed by atoms with Crippen molar-refractivity contribution in [1.82, 2.24) is 24.4 Å². The van der Waals surface area contributed by atoms with Gasteiger partial charge in [0.25, 0.3) is 6.43 Å². The number of alkyl halides is 2. The van der Waals surface area contributed by atoms with Crippen LogP contribution in [0.1, 0.15) is 37.9 Å². The van der Waals surface area contributed by atoms with Crippen molar-refractivity contribution in [2.24, 2.45) is 5.92 Å². The first-order valence-corrected chi connectivity index (χ1v) is 13.8. The van der Waals surface area contributed by atoms with Gasteiger partial charge in [-0.15, -0.1) is 0 Å². The van der Waals surface area contributed by atoms with E-state index in [1.165, 1.54) is 16.7 Å². The van der Waals surface area contributed by atoms with Crippen LogP contribution in [0.4, 0.5) is 24.9 Å². The van der Waals surface area contributed by atoms with E-state index in [9.17, 15) is 13.2 Å². The third-order valence-electron chi connectivity index (χ3n) is 8.03. The molecular formula is C27H34F3N7O2. The number of benzene rings is 1. The van der Waals surface area contributed by atoms with E-state index in [4.69, 9.17) is 14.5 Å². The Kier molecular flexibility index (Phi) is 7.85. The molecule has 2 aliphatic heterocycles. The molecule has 1 aromatic carbocycles. The molecule has 9 nitrogen and oxygen atoms in total. The lowest BCUT2D eigenvalue weighted by Gasteiger charge is -2.38. The lowest BCUT2D eigenvalue weighted by atomic mass is 9.85. The average Bonchev–Trinajstić information content (AvgIpc) is 3.36. The lowest BCUT2D eigenvalue weighted by molar-refractivity contribution is 0.00539. The zero-order chi connectivity index (χ0) is 26.8. The summed E-state index contributed by atoms with van der Waals surface area (Å²) in [7, 11) is 0. The van der Waals surface area contributed by atoms with Crippen LogP contribution >= 0.6 is 0 Å². The summed E-state index contributed by atoms with van der Waals surface area (Å²) in [5, 5.41) is 3.40. The average molecular weight is 546 g/mol. The van der Waals surface area contributed by atoms with Crippen molar-refractivity contribution in [3.8, 4) is 5.82 Å². The van der Waals surface area contributed by atoms with Gasteiger partial charge in [-0.3, -0.25) is 9.47 Å². The number of hydrogen-bond acceptors (Lipinski definition) is 8. The molecule has 39 heavy (non-hydrogen) atoms. The topological polar surface area (TPSA) is 80.6 Å². The van der Waals surface area contributed by atoms with Crippen LogP contribution in [0, 0.1) is 11.7 Å². The number of hydrogen-bond donors (Lipinski definition) is 1. The van der Waals surface area contributed by atoms with Crippen LogP contribution in [0.15, 0.2) is 24.3 Å². The van der Waals surface area contributed by atoms with Gasteiger partial charge >= 0.3 is 0 Å². The molecule has 0 radical (unpaired) electrons. The SMILES string of the molecule is Fc1ccc2c(c1)nc(C(F)F)n2-c1cc(N2CCOCC2)nc(NCC2CCC(N3CCOCC3)CC2)n1. The Morgan fingerprint density at radius 1 is 0.872 bits per heavy atom. The predicted octanol–water partition coefficient (Wildman–Crippen LogP) is 4.03. The normalized spacial score (nSPS) is 23.0. The molecular weight excluding hydrogens is 511 g/mol. The minimum Gasteiger partial charge on any atom is -0.379 e. The molecule has 0 unspecified atom stereocenters. The van der Waals surface area contributed by atoms with E-state index in [-0.39, 0.29) is 11.3 Å². The minimum atomic E-state index is -2.86. The molecule has 0 atom stereocenters. The van der Waals surface area contributed by atoms with E-state index in [0.717, 1.165) is 58.1 Å². The molecule has 1 N–H and O–H groups in total. The van der Waals surface area contributed by atoms with E-state index in [0.29, 0.717) is 62.1 Å². The Morgan fingerprint density at radius 3 is 2.28 bits per heavy atom. The van der Waals surface area contributed by atoms with Crippen molar-refractivity contribution in [3.63, 3.8) is 0 Å². The summed E-state index contributed by atoms with van der Waals surface area (Å²) in [5.41, 5.74) is 0.522. The number of imidazole rings is 1. The van der Waals surface area contributed by atoms with Gasteiger partial charge in [0.2, 0.25) is 5.95 Å². The first-order chi connectivity index (χ1) is 19.0. The van der Waals surface area contributed by atoms with Gasteiger partial charge in [0.1, 0.15) is 17.5 Å². The molecule has 0 bridgehead atoms. The summed E-state index contributed by atoms with van der Waals surface area (Å²) in [6.45, 7) is 6.75. The highest BCUT2D eigenvalue weighted by atomic mass is 19.3. The van der Waals surface area contributed by atoms with Crippen molar-refractivity contribution in [2.45, 2.75) is 38.2 Å². The zero-order valence-corrected chi connectivity index (χ0v) is 21.9. The molecule has 1 aliphatic carbocycles. The highest BCUT2D eigenvalue weighted by Crippen LogP contribution is 2.31. The Bertz CT molecular complexity index is 1270. The molecule has 0 amide bonds. The maximum Gasteiger partial charge on any atom is 0.296 e. The molecule has 1 saturated carbocycles. The quantitative estimate of drug-likeness (QED) is 0.477. The molecule has 210 valence electrons. The number of rotatable bonds is 7. The molecule has 4 heterocycles. The smallest absolute Gasteiger partial charge is 0.296 e. The van der Waals surface area contributed by atoms with E-state index in [2.05, 4.69) is 25.1 Å². The lowest BCUT2D eigenvalue weighted by Crippen LogP contribution is -2.45. The standard InChI is InChI=1S/C27H34F3N7O2/c28-19-3-6-22-21(15-19)32-26(25(29)30)37(22)24-16-23(36-9-13-39-14-10-36)33-27(34-24)31-17-18-1-4-20(5-2-18)35-7-11-38-12-8-35/h3,6,15-16,18,20,25H,1-2,4-5,7-14,17H2,(H,31,33,34). The van der Waals surface area contributed by atoms with Crippen LogP contribution < -0.4 is 10.2 Å². The summed E-state index contributed by atoms with van der Waals surface area (Å²) in [6, 6.07) is 6.17. The summed E-state index contributed by atoms with van der Waals surface area (Å²) < 4.78 is 54.3. The molecule has 12 heteroatoms. The van der Waals surface area contributed by atoms with Gasteiger partial charge in [-0.2, -0.15) is 9.97 Å². The van der Waals surface area contributed by atoms with Gasteiger partial charge in [0.05, 0.1) is 37.5 Å². The first-order valence-electron chi connectivity index (χ1n) is 13.8. The number of fused-ring (bicyclic) bond motifs is 1. The Balaban J connectivity index is 1.25. The predicted molar refractivity (Wildman–Crippen MR) is 141 cm³/mol. The van der Waals surface area contributed by atoms with Gasteiger partial charge in [0, 0.05) is 50.9 Å². The van der Waals surface area contributed by atoms with Crippen LogP contribution in [0.5, 0.6) is 0 Å². The fourth-order valence-electron chi connectivity index (χ4n) is 5.92. The van der Waals surface area contributed by atoms with Gasteiger partial charge in [-0.05, 0) is 43.7 Å². The zero-order valence-electron chi connectivity index (χ0n) is 21.9. The molecule has 3 aliphatic rings. The van der Waals surface area contributed by atoms with E-state index in [1.54, 1.807) is 6.07 Å². The number of nitrogens with zero attached hydrogens (tertiary/aromatic N) is 6. The third-order valence-corrected chi connectivity index (χ3v) is 8.03. The van der Waals surface area contributed by atoms with Crippen LogP contribution in [0.2, 0.25) is 0 Å². The maximum atomic E-state index is 14.1. The molecule has 3 fully saturated rings. The van der Waals surface area contributed by atoms with Crippen molar-refractivity contribution in [2.75, 3.05) is 69.4 Å². The Hall–Kier alpha value is -2.96. The second kappa shape index (κ2) is 11.6. The molecule has 3 aromatic rings. The monoisotopic (exact) mass is 545 g/mol. The fourth-order valence-corrected chi connectivity index (χ4v) is 5.92. The summed E-state index contributed by atoms with van der Waals surface area (Å²) in [4.78, 5) is 18.1. The van der Waals surface area contributed by atoms with Gasteiger partial charge in [0.15, 0.2) is 5.82 Å². The third kappa shape index (κ3) is 5.82. The summed E-state index contributed by atoms with van der Waals surface area (Å²) >= 11 is 0. The highest BCUT2D eigenvalue weighted by Gasteiger charge is 2.28. The molecule has 6 rings (SSSR count). The van der Waals surface area contributed by atoms with Crippen molar-refractivity contribution >= 4 is 22.8 Å². The number of nitrogens with one attached hydrogen (secondary N) is 1. The van der Waals surface area contributed by atoms with Crippen LogP contribution in [-0.2, 0) is 9.47 Å². The number of ether oxygens (including phenoxy) is 2. The van der Waals surface area contributed by atoms with Crippen molar-refractivity contribution in [3.05, 3.63) is 35.9 Å².